The van der Waals surface area contributed by atoms with E-state index < -0.39 is 0 Å². The van der Waals surface area contributed by atoms with E-state index >= 15 is 0 Å². The van der Waals surface area contributed by atoms with E-state index in [1.807, 2.05) is 6.07 Å². The first-order chi connectivity index (χ1) is 8.79. The van der Waals surface area contributed by atoms with Crippen molar-refractivity contribution in [1.29, 1.82) is 0 Å². The molecule has 0 aliphatic carbocycles. The highest BCUT2D eigenvalue weighted by Crippen LogP contribution is 2.21. The first kappa shape index (κ1) is 13.5. The number of ether oxygens (including phenoxy) is 1. The highest BCUT2D eigenvalue weighted by atomic mass is 32.2. The van der Waals surface area contributed by atoms with Gasteiger partial charge in [-0.3, -0.25) is 0 Å². The summed E-state index contributed by atoms with van der Waals surface area (Å²) in [6, 6.07) is 3.69. The second-order valence-corrected chi connectivity index (χ2v) is 5.80. The van der Waals surface area contributed by atoms with Crippen molar-refractivity contribution < 1.29 is 9.53 Å². The van der Waals surface area contributed by atoms with Crippen LogP contribution in [0.1, 0.15) is 29.0 Å². The lowest BCUT2D eigenvalue weighted by atomic mass is 10.0. The molecule has 0 spiro atoms. The number of aromatic nitrogens is 1. The van der Waals surface area contributed by atoms with Crippen molar-refractivity contribution in [2.45, 2.75) is 19.4 Å². The lowest BCUT2D eigenvalue weighted by Crippen LogP contribution is -2.25. The number of esters is 1. The summed E-state index contributed by atoms with van der Waals surface area (Å²) >= 11 is 2.05. The molecule has 1 aliphatic rings. The van der Waals surface area contributed by atoms with E-state index in [-0.39, 0.29) is 5.97 Å². The third-order valence-corrected chi connectivity index (χ3v) is 4.29. The molecule has 1 aromatic heterocycles. The summed E-state index contributed by atoms with van der Waals surface area (Å²) in [6.45, 7) is 1.84. The number of thioether (sulfide) groups is 1. The SMILES string of the molecule is COC(=O)c1ccc(CNCC2CCSCC2)[nH]1. The van der Waals surface area contributed by atoms with Gasteiger partial charge in [-0.15, -0.1) is 0 Å². The van der Waals surface area contributed by atoms with E-state index in [9.17, 15) is 4.79 Å². The molecule has 1 fully saturated rings. The van der Waals surface area contributed by atoms with Gasteiger partial charge < -0.3 is 15.0 Å². The molecule has 0 unspecified atom stereocenters. The molecule has 1 saturated heterocycles. The van der Waals surface area contributed by atoms with Crippen LogP contribution in [0.15, 0.2) is 12.1 Å². The standard InChI is InChI=1S/C13H20N2O2S/c1-17-13(16)12-3-2-11(15-12)9-14-8-10-4-6-18-7-5-10/h2-3,10,14-15H,4-9H2,1H3. The molecule has 2 rings (SSSR count). The third kappa shape index (κ3) is 3.78. The van der Waals surface area contributed by atoms with E-state index in [1.165, 1.54) is 31.5 Å². The molecule has 4 nitrogen and oxygen atoms in total. The van der Waals surface area contributed by atoms with E-state index in [0.717, 1.165) is 24.7 Å². The van der Waals surface area contributed by atoms with Crippen molar-refractivity contribution in [1.82, 2.24) is 10.3 Å². The van der Waals surface area contributed by atoms with Crippen molar-refractivity contribution in [3.8, 4) is 0 Å². The van der Waals surface area contributed by atoms with Gasteiger partial charge in [-0.25, -0.2) is 4.79 Å². The number of carbonyl (C=O) groups is 1. The molecule has 0 amide bonds. The molecular formula is C13H20N2O2S. The Hall–Kier alpha value is -0.940. The van der Waals surface area contributed by atoms with Gasteiger partial charge in [0.25, 0.3) is 0 Å². The van der Waals surface area contributed by atoms with Crippen LogP contribution in [0.3, 0.4) is 0 Å². The number of aromatic amines is 1. The lowest BCUT2D eigenvalue weighted by Gasteiger charge is -2.21. The maximum Gasteiger partial charge on any atom is 0.354 e. The van der Waals surface area contributed by atoms with E-state index in [0.29, 0.717) is 5.69 Å². The normalized spacial score (nSPS) is 16.7. The summed E-state index contributed by atoms with van der Waals surface area (Å²) in [6.07, 6.45) is 2.63. The third-order valence-electron chi connectivity index (χ3n) is 3.24. The molecule has 0 saturated carbocycles. The minimum Gasteiger partial charge on any atom is -0.464 e. The van der Waals surface area contributed by atoms with Gasteiger partial charge in [-0.1, -0.05) is 0 Å². The molecule has 0 atom stereocenters. The molecule has 1 aliphatic heterocycles. The maximum absolute atomic E-state index is 11.3. The summed E-state index contributed by atoms with van der Waals surface area (Å²) in [5.74, 6) is 3.08. The molecule has 1 aromatic rings. The van der Waals surface area contributed by atoms with Gasteiger partial charge in [0.05, 0.1) is 7.11 Å². The van der Waals surface area contributed by atoms with E-state index in [4.69, 9.17) is 0 Å². The Labute approximate surface area is 112 Å². The molecular weight excluding hydrogens is 248 g/mol. The van der Waals surface area contributed by atoms with Gasteiger partial charge in [-0.2, -0.15) is 11.8 Å². The van der Waals surface area contributed by atoms with Gasteiger partial charge >= 0.3 is 5.97 Å². The van der Waals surface area contributed by atoms with Gasteiger partial charge in [0.2, 0.25) is 0 Å². The van der Waals surface area contributed by atoms with Crippen molar-refractivity contribution in [2.24, 2.45) is 5.92 Å². The first-order valence-corrected chi connectivity index (χ1v) is 7.49. The molecule has 0 bridgehead atoms. The van der Waals surface area contributed by atoms with Crippen LogP contribution in [0.2, 0.25) is 0 Å². The van der Waals surface area contributed by atoms with Gasteiger partial charge in [0, 0.05) is 12.2 Å². The average Bonchev–Trinajstić information content (AvgIpc) is 2.88. The summed E-state index contributed by atoms with van der Waals surface area (Å²) in [4.78, 5) is 14.3. The van der Waals surface area contributed by atoms with Crippen molar-refractivity contribution in [3.63, 3.8) is 0 Å². The van der Waals surface area contributed by atoms with Crippen molar-refractivity contribution >= 4 is 17.7 Å². The molecule has 0 aromatic carbocycles. The van der Waals surface area contributed by atoms with Gasteiger partial charge in [-0.05, 0) is 48.9 Å². The zero-order chi connectivity index (χ0) is 12.8. The van der Waals surface area contributed by atoms with Crippen LogP contribution < -0.4 is 5.32 Å². The monoisotopic (exact) mass is 268 g/mol. The molecule has 2 heterocycles. The zero-order valence-electron chi connectivity index (χ0n) is 10.7. The Balaban J connectivity index is 1.72. The van der Waals surface area contributed by atoms with Crippen LogP contribution in [0.4, 0.5) is 0 Å². The number of rotatable bonds is 5. The second kappa shape index (κ2) is 6.85. The van der Waals surface area contributed by atoms with Crippen LogP contribution in [-0.2, 0) is 11.3 Å². The average molecular weight is 268 g/mol. The van der Waals surface area contributed by atoms with Crippen molar-refractivity contribution in [3.05, 3.63) is 23.5 Å². The zero-order valence-corrected chi connectivity index (χ0v) is 11.5. The highest BCUT2D eigenvalue weighted by molar-refractivity contribution is 7.99. The van der Waals surface area contributed by atoms with Gasteiger partial charge in [0.1, 0.15) is 5.69 Å². The molecule has 100 valence electrons. The molecule has 5 heteroatoms. The molecule has 0 radical (unpaired) electrons. The summed E-state index contributed by atoms with van der Waals surface area (Å²) in [5.41, 5.74) is 1.55. The number of methoxy groups -OCH3 is 1. The highest BCUT2D eigenvalue weighted by Gasteiger charge is 2.13. The second-order valence-electron chi connectivity index (χ2n) is 4.58. The Bertz CT molecular complexity index is 386. The summed E-state index contributed by atoms with van der Waals surface area (Å²) in [7, 11) is 1.39. The number of carbonyl (C=O) groups excluding carboxylic acids is 1. The topological polar surface area (TPSA) is 54.1 Å². The fourth-order valence-corrected chi connectivity index (χ4v) is 3.34. The largest absolute Gasteiger partial charge is 0.464 e. The summed E-state index contributed by atoms with van der Waals surface area (Å²) in [5, 5.41) is 3.45. The van der Waals surface area contributed by atoms with E-state index in [2.05, 4.69) is 26.8 Å². The first-order valence-electron chi connectivity index (χ1n) is 6.34. The Morgan fingerprint density at radius 1 is 1.50 bits per heavy atom. The molecule has 2 N–H and O–H groups in total. The lowest BCUT2D eigenvalue weighted by molar-refractivity contribution is 0.0594. The molecule has 18 heavy (non-hydrogen) atoms. The smallest absolute Gasteiger partial charge is 0.354 e. The maximum atomic E-state index is 11.3. The number of hydrogen-bond acceptors (Lipinski definition) is 4. The fraction of sp³-hybridized carbons (Fsp3) is 0.615. The van der Waals surface area contributed by atoms with Crippen molar-refractivity contribution in [2.75, 3.05) is 25.2 Å². The number of hydrogen-bond donors (Lipinski definition) is 2. The fourth-order valence-electron chi connectivity index (χ4n) is 2.13. The Morgan fingerprint density at radius 2 is 2.28 bits per heavy atom. The van der Waals surface area contributed by atoms with Crippen LogP contribution >= 0.6 is 11.8 Å². The summed E-state index contributed by atoms with van der Waals surface area (Å²) < 4.78 is 4.66. The minimum absolute atomic E-state index is 0.314. The predicted octanol–water partition coefficient (Wildman–Crippen LogP) is 2.03. The number of H-pyrrole nitrogens is 1. The Kier molecular flexibility index (Phi) is 5.13. The van der Waals surface area contributed by atoms with Crippen LogP contribution in [0.5, 0.6) is 0 Å². The van der Waals surface area contributed by atoms with E-state index in [1.54, 1.807) is 6.07 Å². The van der Waals surface area contributed by atoms with Crippen LogP contribution in [0.25, 0.3) is 0 Å². The quantitative estimate of drug-likeness (QED) is 0.802. The minimum atomic E-state index is -0.314. The number of nitrogens with one attached hydrogen (secondary N) is 2. The predicted molar refractivity (Wildman–Crippen MR) is 73.9 cm³/mol. The van der Waals surface area contributed by atoms with Crippen LogP contribution in [0, 0.1) is 5.92 Å². The van der Waals surface area contributed by atoms with Crippen LogP contribution in [-0.4, -0.2) is 36.1 Å². The van der Waals surface area contributed by atoms with Gasteiger partial charge in [0.15, 0.2) is 0 Å². The Morgan fingerprint density at radius 3 is 3.00 bits per heavy atom.